The van der Waals surface area contributed by atoms with Crippen molar-refractivity contribution in [1.82, 2.24) is 0 Å². The van der Waals surface area contributed by atoms with Gasteiger partial charge in [0.1, 0.15) is 0 Å². The van der Waals surface area contributed by atoms with Gasteiger partial charge in [0, 0.05) is 9.75 Å². The zero-order chi connectivity index (χ0) is 15.5. The highest BCUT2D eigenvalue weighted by atomic mass is 32.1. The molecule has 0 atom stereocenters. The van der Waals surface area contributed by atoms with Gasteiger partial charge in [-0.25, -0.2) is 0 Å². The summed E-state index contributed by atoms with van der Waals surface area (Å²) in [6.07, 6.45) is 0. The van der Waals surface area contributed by atoms with E-state index in [9.17, 15) is 0 Å². The molecule has 1 aromatic heterocycles. The van der Waals surface area contributed by atoms with E-state index in [1.165, 1.54) is 20.9 Å². The van der Waals surface area contributed by atoms with Crippen molar-refractivity contribution in [2.45, 2.75) is 27.7 Å². The summed E-state index contributed by atoms with van der Waals surface area (Å²) in [6.45, 7) is 8.41. The lowest BCUT2D eigenvalue weighted by molar-refractivity contribution is 1.48. The first-order chi connectivity index (χ1) is 10.1. The molecule has 21 heavy (non-hydrogen) atoms. The molecule has 1 heterocycles. The first-order valence-electron chi connectivity index (χ1n) is 7.14. The van der Waals surface area contributed by atoms with Crippen LogP contribution in [0.2, 0.25) is 0 Å². The van der Waals surface area contributed by atoms with Crippen molar-refractivity contribution in [1.29, 1.82) is 0 Å². The number of benzene rings is 2. The second kappa shape index (κ2) is 9.95. The molecule has 1 heteroatoms. The van der Waals surface area contributed by atoms with Crippen molar-refractivity contribution < 1.29 is 0 Å². The number of thiophene rings is 1. The fourth-order valence-corrected chi connectivity index (χ4v) is 2.41. The number of rotatable bonds is 0. The molecule has 0 saturated carbocycles. The fraction of sp³-hybridized carbons (Fsp3) is 0.200. The second-order valence-corrected chi connectivity index (χ2v) is 6.46. The fourth-order valence-electron chi connectivity index (χ4n) is 1.63. The largest absolute Gasteiger partial charge is 0.146 e. The molecule has 3 rings (SSSR count). The van der Waals surface area contributed by atoms with Crippen LogP contribution in [0, 0.1) is 27.7 Å². The van der Waals surface area contributed by atoms with Crippen LogP contribution in [0.25, 0.3) is 0 Å². The van der Waals surface area contributed by atoms with E-state index in [-0.39, 0.29) is 0 Å². The van der Waals surface area contributed by atoms with E-state index in [0.717, 1.165) is 0 Å². The average molecular weight is 296 g/mol. The topological polar surface area (TPSA) is 0 Å². The van der Waals surface area contributed by atoms with Gasteiger partial charge >= 0.3 is 0 Å². The molecular formula is C20H24S. The van der Waals surface area contributed by atoms with Crippen molar-refractivity contribution in [2.75, 3.05) is 0 Å². The van der Waals surface area contributed by atoms with E-state index in [1.54, 1.807) is 0 Å². The highest BCUT2D eigenvalue weighted by Gasteiger charge is 1.84. The van der Waals surface area contributed by atoms with Gasteiger partial charge in [-0.3, -0.25) is 0 Å². The van der Waals surface area contributed by atoms with Crippen LogP contribution in [0.1, 0.15) is 20.9 Å². The summed E-state index contributed by atoms with van der Waals surface area (Å²) >= 11 is 1.84. The zero-order valence-corrected chi connectivity index (χ0v) is 14.2. The maximum absolute atomic E-state index is 2.14. The van der Waals surface area contributed by atoms with E-state index in [2.05, 4.69) is 64.1 Å². The lowest BCUT2D eigenvalue weighted by atomic mass is 10.2. The van der Waals surface area contributed by atoms with E-state index < -0.39 is 0 Å². The summed E-state index contributed by atoms with van der Waals surface area (Å²) in [5.41, 5.74) is 2.64. The molecule has 0 amide bonds. The van der Waals surface area contributed by atoms with Gasteiger partial charge in [0.05, 0.1) is 0 Å². The molecule has 0 bridgehead atoms. The molecule has 0 unspecified atom stereocenters. The zero-order valence-electron chi connectivity index (χ0n) is 13.3. The van der Waals surface area contributed by atoms with E-state index in [4.69, 9.17) is 0 Å². The molecule has 3 aromatic rings. The summed E-state index contributed by atoms with van der Waals surface area (Å²) in [5.74, 6) is 0. The summed E-state index contributed by atoms with van der Waals surface area (Å²) in [6, 6.07) is 24.8. The predicted octanol–water partition coefficient (Wildman–Crippen LogP) is 6.35. The molecule has 0 fully saturated rings. The normalized spacial score (nSPS) is 8.95. The minimum absolute atomic E-state index is 1.32. The van der Waals surface area contributed by atoms with Crippen molar-refractivity contribution >= 4 is 11.3 Å². The van der Waals surface area contributed by atoms with Crippen molar-refractivity contribution in [3.63, 3.8) is 0 Å². The molecule has 0 spiro atoms. The van der Waals surface area contributed by atoms with Gasteiger partial charge in [-0.1, -0.05) is 71.8 Å². The van der Waals surface area contributed by atoms with E-state index in [0.29, 0.717) is 0 Å². The molecule has 0 aliphatic carbocycles. The monoisotopic (exact) mass is 296 g/mol. The second-order valence-electron chi connectivity index (χ2n) is 4.97. The summed E-state index contributed by atoms with van der Waals surface area (Å²) < 4.78 is 0. The van der Waals surface area contributed by atoms with Gasteiger partial charge in [-0.05, 0) is 39.8 Å². The minimum Gasteiger partial charge on any atom is -0.146 e. The number of aryl methyl sites for hydroxylation is 4. The van der Waals surface area contributed by atoms with Crippen LogP contribution in [0.5, 0.6) is 0 Å². The Bertz CT molecular complexity index is 540. The average Bonchev–Trinajstić information content (AvgIpc) is 2.85. The Morgan fingerprint density at radius 2 is 0.810 bits per heavy atom. The predicted molar refractivity (Wildman–Crippen MR) is 96.2 cm³/mol. The molecule has 0 aliphatic heterocycles. The molecule has 0 saturated heterocycles. The quantitative estimate of drug-likeness (QED) is 0.453. The van der Waals surface area contributed by atoms with Crippen LogP contribution >= 0.6 is 11.3 Å². The standard InChI is InChI=1S/2C7H8.C6H8S/c2*1-7-5-3-2-4-6-7;1-5-3-4-6(2)7-5/h2*2-6H,1H3;3-4H,1-2H3. The Labute approximate surface area is 133 Å². The lowest BCUT2D eigenvalue weighted by Crippen LogP contribution is -1.62. The highest BCUT2D eigenvalue weighted by Crippen LogP contribution is 2.12. The SMILES string of the molecule is Cc1ccc(C)s1.Cc1ccccc1.Cc1ccccc1. The van der Waals surface area contributed by atoms with Crippen LogP contribution in [-0.4, -0.2) is 0 Å². The van der Waals surface area contributed by atoms with Crippen LogP contribution in [0.3, 0.4) is 0 Å². The summed E-state index contributed by atoms with van der Waals surface area (Å²) in [7, 11) is 0. The van der Waals surface area contributed by atoms with Crippen molar-refractivity contribution in [2.24, 2.45) is 0 Å². The smallest absolute Gasteiger partial charge is 0.00170 e. The third-order valence-corrected chi connectivity index (χ3v) is 3.67. The highest BCUT2D eigenvalue weighted by molar-refractivity contribution is 7.11. The molecule has 110 valence electrons. The van der Waals surface area contributed by atoms with Gasteiger partial charge in [-0.2, -0.15) is 0 Å². The maximum atomic E-state index is 2.14. The Morgan fingerprint density at radius 3 is 0.952 bits per heavy atom. The van der Waals surface area contributed by atoms with Gasteiger partial charge in [-0.15, -0.1) is 11.3 Å². The Hall–Kier alpha value is -1.86. The maximum Gasteiger partial charge on any atom is 0.00170 e. The van der Waals surface area contributed by atoms with Gasteiger partial charge in [0.2, 0.25) is 0 Å². The first kappa shape index (κ1) is 17.2. The van der Waals surface area contributed by atoms with Gasteiger partial charge in [0.25, 0.3) is 0 Å². The van der Waals surface area contributed by atoms with Crippen molar-refractivity contribution in [3.8, 4) is 0 Å². The molecule has 0 nitrogen and oxygen atoms in total. The lowest BCUT2D eigenvalue weighted by Gasteiger charge is -1.82. The van der Waals surface area contributed by atoms with Crippen molar-refractivity contribution in [3.05, 3.63) is 93.7 Å². The Balaban J connectivity index is 0.000000157. The van der Waals surface area contributed by atoms with E-state index in [1.807, 2.05) is 47.7 Å². The molecule has 2 aromatic carbocycles. The van der Waals surface area contributed by atoms with E-state index >= 15 is 0 Å². The number of hydrogen-bond donors (Lipinski definition) is 0. The Kier molecular flexibility index (Phi) is 8.15. The van der Waals surface area contributed by atoms with Crippen LogP contribution in [-0.2, 0) is 0 Å². The molecular weight excluding hydrogens is 272 g/mol. The molecule has 0 radical (unpaired) electrons. The third-order valence-electron chi connectivity index (χ3n) is 2.76. The summed E-state index contributed by atoms with van der Waals surface area (Å²) in [5, 5.41) is 0. The van der Waals surface area contributed by atoms with Gasteiger partial charge < -0.3 is 0 Å². The third kappa shape index (κ3) is 8.83. The number of hydrogen-bond acceptors (Lipinski definition) is 1. The minimum atomic E-state index is 1.32. The Morgan fingerprint density at radius 1 is 0.476 bits per heavy atom. The first-order valence-corrected chi connectivity index (χ1v) is 7.96. The van der Waals surface area contributed by atoms with Gasteiger partial charge in [0.15, 0.2) is 0 Å². The summed E-state index contributed by atoms with van der Waals surface area (Å²) in [4.78, 5) is 2.80. The molecule has 0 aliphatic rings. The molecule has 0 N–H and O–H groups in total. The van der Waals surface area contributed by atoms with Crippen LogP contribution < -0.4 is 0 Å². The van der Waals surface area contributed by atoms with Crippen LogP contribution in [0.15, 0.2) is 72.8 Å². The van der Waals surface area contributed by atoms with Crippen LogP contribution in [0.4, 0.5) is 0 Å².